The third-order valence-electron chi connectivity index (χ3n) is 3.85. The smallest absolute Gasteiger partial charge is 0.126 e. The van der Waals surface area contributed by atoms with Crippen LogP contribution in [0.3, 0.4) is 0 Å². The summed E-state index contributed by atoms with van der Waals surface area (Å²) in [5.74, 6) is -0.229. The van der Waals surface area contributed by atoms with Gasteiger partial charge in [0.2, 0.25) is 0 Å². The molecule has 0 aromatic heterocycles. The largest absolute Gasteiger partial charge is 0.385 e. The summed E-state index contributed by atoms with van der Waals surface area (Å²) in [6.07, 6.45) is 1.53. The predicted octanol–water partition coefficient (Wildman–Crippen LogP) is 3.86. The Bertz CT molecular complexity index is 626. The number of hydrogen-bond donors (Lipinski definition) is 1. The third kappa shape index (κ3) is 2.15. The molecule has 1 N–H and O–H groups in total. The van der Waals surface area contributed by atoms with Crippen LogP contribution in [-0.2, 0) is 18.4 Å². The van der Waals surface area contributed by atoms with Gasteiger partial charge in [-0.15, -0.1) is 0 Å². The number of rotatable bonds is 2. The van der Waals surface area contributed by atoms with Gasteiger partial charge >= 0.3 is 0 Å². The van der Waals surface area contributed by atoms with E-state index in [1.807, 2.05) is 30.3 Å². The van der Waals surface area contributed by atoms with Crippen LogP contribution in [0.15, 0.2) is 42.5 Å². The summed E-state index contributed by atoms with van der Waals surface area (Å²) in [7, 11) is 0. The second-order valence-corrected chi connectivity index (χ2v) is 5.47. The molecule has 3 rings (SSSR count). The second-order valence-electron chi connectivity index (χ2n) is 5.07. The average molecular weight is 277 g/mol. The highest BCUT2D eigenvalue weighted by Gasteiger charge is 2.38. The average Bonchev–Trinajstić information content (AvgIpc) is 2.72. The number of hydrogen-bond acceptors (Lipinski definition) is 1. The van der Waals surface area contributed by atoms with Crippen molar-refractivity contribution in [2.75, 3.05) is 0 Å². The lowest BCUT2D eigenvalue weighted by molar-refractivity contribution is 0.0389. The zero-order valence-electron chi connectivity index (χ0n) is 10.4. The second kappa shape index (κ2) is 4.62. The van der Waals surface area contributed by atoms with Gasteiger partial charge in [0.05, 0.1) is 5.60 Å². The molecule has 2 aromatic carbocycles. The van der Waals surface area contributed by atoms with Crippen molar-refractivity contribution in [3.8, 4) is 0 Å². The van der Waals surface area contributed by atoms with Crippen LogP contribution in [0.2, 0.25) is 5.02 Å². The van der Waals surface area contributed by atoms with Gasteiger partial charge < -0.3 is 5.11 Å². The highest BCUT2D eigenvalue weighted by molar-refractivity contribution is 6.31. The summed E-state index contributed by atoms with van der Waals surface area (Å²) in [4.78, 5) is 0. The Morgan fingerprint density at radius 3 is 2.74 bits per heavy atom. The van der Waals surface area contributed by atoms with E-state index >= 15 is 0 Å². The highest BCUT2D eigenvalue weighted by Crippen LogP contribution is 2.41. The Kier molecular flexibility index (Phi) is 3.08. The lowest BCUT2D eigenvalue weighted by Crippen LogP contribution is -2.25. The molecule has 1 unspecified atom stereocenters. The van der Waals surface area contributed by atoms with Gasteiger partial charge in [-0.05, 0) is 41.7 Å². The molecule has 0 aliphatic heterocycles. The maximum atomic E-state index is 13.7. The molecule has 1 atom stereocenters. The summed E-state index contributed by atoms with van der Waals surface area (Å²) in [6.45, 7) is 0. The van der Waals surface area contributed by atoms with Crippen molar-refractivity contribution in [1.82, 2.24) is 0 Å². The Hall–Kier alpha value is -1.38. The van der Waals surface area contributed by atoms with Crippen molar-refractivity contribution in [3.05, 3.63) is 70.0 Å². The molecular formula is C16H14ClFO. The summed E-state index contributed by atoms with van der Waals surface area (Å²) in [5.41, 5.74) is 1.22. The normalized spacial score (nSPS) is 21.4. The Balaban J connectivity index is 1.99. The summed E-state index contributed by atoms with van der Waals surface area (Å²) in [5, 5.41) is 11.5. The van der Waals surface area contributed by atoms with Gasteiger partial charge in [0, 0.05) is 11.4 Å². The van der Waals surface area contributed by atoms with Crippen LogP contribution in [-0.4, -0.2) is 5.11 Å². The van der Waals surface area contributed by atoms with Crippen molar-refractivity contribution < 1.29 is 9.50 Å². The molecule has 1 aliphatic carbocycles. The highest BCUT2D eigenvalue weighted by atomic mass is 35.5. The SMILES string of the molecule is OC1(Cc2ccccc2Cl)CCc2c(F)cccc21. The molecule has 2 aromatic rings. The molecule has 0 radical (unpaired) electrons. The van der Waals surface area contributed by atoms with Crippen molar-refractivity contribution in [3.63, 3.8) is 0 Å². The lowest BCUT2D eigenvalue weighted by Gasteiger charge is -2.24. The van der Waals surface area contributed by atoms with Crippen molar-refractivity contribution in [1.29, 1.82) is 0 Å². The summed E-state index contributed by atoms with van der Waals surface area (Å²) < 4.78 is 13.7. The molecule has 0 spiro atoms. The van der Waals surface area contributed by atoms with Crippen LogP contribution in [0.25, 0.3) is 0 Å². The van der Waals surface area contributed by atoms with Gasteiger partial charge in [0.15, 0.2) is 0 Å². The number of halogens is 2. The van der Waals surface area contributed by atoms with Gasteiger partial charge in [0.25, 0.3) is 0 Å². The first-order valence-corrected chi connectivity index (χ1v) is 6.72. The van der Waals surface area contributed by atoms with Gasteiger partial charge in [-0.1, -0.05) is 41.9 Å². The molecule has 0 amide bonds. The molecule has 1 nitrogen and oxygen atoms in total. The monoisotopic (exact) mass is 276 g/mol. The third-order valence-corrected chi connectivity index (χ3v) is 4.22. The molecule has 3 heteroatoms. The van der Waals surface area contributed by atoms with Crippen molar-refractivity contribution in [2.45, 2.75) is 24.9 Å². The van der Waals surface area contributed by atoms with Crippen LogP contribution in [0, 0.1) is 5.82 Å². The van der Waals surface area contributed by atoms with E-state index in [1.165, 1.54) is 6.07 Å². The minimum absolute atomic E-state index is 0.229. The van der Waals surface area contributed by atoms with Gasteiger partial charge in [0.1, 0.15) is 5.82 Å². The van der Waals surface area contributed by atoms with E-state index in [1.54, 1.807) is 6.07 Å². The van der Waals surface area contributed by atoms with Crippen LogP contribution >= 0.6 is 11.6 Å². The first-order valence-electron chi connectivity index (χ1n) is 6.34. The van der Waals surface area contributed by atoms with E-state index in [0.29, 0.717) is 35.4 Å². The molecule has 98 valence electrons. The van der Waals surface area contributed by atoms with Gasteiger partial charge in [-0.2, -0.15) is 0 Å². The summed E-state index contributed by atoms with van der Waals surface area (Å²) >= 11 is 6.14. The quantitative estimate of drug-likeness (QED) is 0.883. The van der Waals surface area contributed by atoms with E-state index in [0.717, 1.165) is 5.56 Å². The Labute approximate surface area is 116 Å². The molecule has 0 heterocycles. The van der Waals surface area contributed by atoms with Crippen LogP contribution < -0.4 is 0 Å². The predicted molar refractivity (Wildman–Crippen MR) is 73.8 cm³/mol. The molecule has 0 bridgehead atoms. The number of fused-ring (bicyclic) bond motifs is 1. The fraction of sp³-hybridized carbons (Fsp3) is 0.250. The molecule has 0 fully saturated rings. The Morgan fingerprint density at radius 1 is 1.16 bits per heavy atom. The number of benzene rings is 2. The maximum Gasteiger partial charge on any atom is 0.126 e. The molecule has 1 aliphatic rings. The van der Waals surface area contributed by atoms with Crippen LogP contribution in [0.4, 0.5) is 4.39 Å². The van der Waals surface area contributed by atoms with Crippen LogP contribution in [0.5, 0.6) is 0 Å². The minimum Gasteiger partial charge on any atom is -0.385 e. The Morgan fingerprint density at radius 2 is 1.95 bits per heavy atom. The fourth-order valence-electron chi connectivity index (χ4n) is 2.86. The maximum absolute atomic E-state index is 13.7. The zero-order chi connectivity index (χ0) is 13.5. The van der Waals surface area contributed by atoms with E-state index in [-0.39, 0.29) is 5.82 Å². The topological polar surface area (TPSA) is 20.2 Å². The van der Waals surface area contributed by atoms with Crippen LogP contribution in [0.1, 0.15) is 23.1 Å². The molecule has 0 saturated heterocycles. The first-order chi connectivity index (χ1) is 9.10. The summed E-state index contributed by atoms with van der Waals surface area (Å²) in [6, 6.07) is 12.4. The fourth-order valence-corrected chi connectivity index (χ4v) is 3.06. The zero-order valence-corrected chi connectivity index (χ0v) is 11.1. The first kappa shape index (κ1) is 12.6. The van der Waals surface area contributed by atoms with E-state index in [9.17, 15) is 9.50 Å². The van der Waals surface area contributed by atoms with Crippen molar-refractivity contribution >= 4 is 11.6 Å². The molecular weight excluding hydrogens is 263 g/mol. The number of aliphatic hydroxyl groups is 1. The molecule has 0 saturated carbocycles. The van der Waals surface area contributed by atoms with Crippen molar-refractivity contribution in [2.24, 2.45) is 0 Å². The van der Waals surface area contributed by atoms with E-state index in [2.05, 4.69) is 0 Å². The van der Waals surface area contributed by atoms with Gasteiger partial charge in [-0.3, -0.25) is 0 Å². The minimum atomic E-state index is -1.01. The van der Waals surface area contributed by atoms with Gasteiger partial charge in [-0.25, -0.2) is 4.39 Å². The standard InChI is InChI=1S/C16H14ClFO/c17-14-6-2-1-4-11(14)10-16(19)9-8-12-13(16)5-3-7-15(12)18/h1-7,19H,8-10H2. The van der Waals surface area contributed by atoms with E-state index in [4.69, 9.17) is 11.6 Å². The lowest BCUT2D eigenvalue weighted by atomic mass is 9.89. The van der Waals surface area contributed by atoms with E-state index < -0.39 is 5.60 Å². The molecule has 19 heavy (non-hydrogen) atoms.